The van der Waals surface area contributed by atoms with Gasteiger partial charge in [-0.3, -0.25) is 19.1 Å². The molecular weight excluding hydrogens is 546 g/mol. The lowest BCUT2D eigenvalue weighted by molar-refractivity contribution is -0.140. The van der Waals surface area contributed by atoms with E-state index in [2.05, 4.69) is 29.5 Å². The van der Waals surface area contributed by atoms with Gasteiger partial charge in [0.2, 0.25) is 17.7 Å². The second-order valence-corrected chi connectivity index (χ2v) is 12.4. The lowest BCUT2D eigenvalue weighted by Crippen LogP contribution is -2.51. The molecule has 3 heterocycles. The molecule has 11 nitrogen and oxygen atoms in total. The monoisotopic (exact) mass is 591 g/mol. The van der Waals surface area contributed by atoms with Crippen molar-refractivity contribution in [1.29, 1.82) is 0 Å². The summed E-state index contributed by atoms with van der Waals surface area (Å²) in [7, 11) is 3.52. The molecule has 11 heteroatoms. The van der Waals surface area contributed by atoms with Crippen LogP contribution < -0.4 is 15.8 Å². The van der Waals surface area contributed by atoms with Gasteiger partial charge in [0.25, 0.3) is 0 Å². The number of aryl methyl sites for hydroxylation is 1. The Balaban J connectivity index is 1.24. The van der Waals surface area contributed by atoms with E-state index in [1.165, 1.54) is 0 Å². The number of nitrogens with zero attached hydrogens (tertiary/aromatic N) is 5. The molecule has 3 amide bonds. The maximum Gasteiger partial charge on any atom is 0.243 e. The highest BCUT2D eigenvalue weighted by atomic mass is 16.5. The molecule has 2 aliphatic heterocycles. The number of amides is 3. The summed E-state index contributed by atoms with van der Waals surface area (Å²) in [5.74, 6) is 0.478. The van der Waals surface area contributed by atoms with Gasteiger partial charge in [0.05, 0.1) is 18.8 Å². The Morgan fingerprint density at radius 2 is 1.84 bits per heavy atom. The molecule has 1 aliphatic carbocycles. The molecule has 1 aromatic carbocycles. The van der Waals surface area contributed by atoms with Crippen molar-refractivity contribution in [3.63, 3.8) is 0 Å². The Morgan fingerprint density at radius 1 is 1.12 bits per heavy atom. The predicted octanol–water partition coefficient (Wildman–Crippen LogP) is 2.24. The molecule has 5 rings (SSSR count). The van der Waals surface area contributed by atoms with Gasteiger partial charge in [0.15, 0.2) is 0 Å². The van der Waals surface area contributed by atoms with Crippen LogP contribution in [0.5, 0.6) is 5.75 Å². The Labute approximate surface area is 253 Å². The fraction of sp³-hybridized carbons (Fsp3) is 0.594. The van der Waals surface area contributed by atoms with E-state index in [1.54, 1.807) is 16.7 Å². The number of carbonyl (C=O) groups excluding carboxylic acids is 3. The van der Waals surface area contributed by atoms with Crippen molar-refractivity contribution in [2.24, 2.45) is 18.7 Å². The zero-order valence-electron chi connectivity index (χ0n) is 25.8. The lowest BCUT2D eigenvalue weighted by Gasteiger charge is -2.29. The molecular formula is C32H45N7O4. The summed E-state index contributed by atoms with van der Waals surface area (Å²) in [6.07, 6.45) is 7.38. The third kappa shape index (κ3) is 6.92. The maximum absolute atomic E-state index is 13.7. The smallest absolute Gasteiger partial charge is 0.243 e. The van der Waals surface area contributed by atoms with Crippen molar-refractivity contribution in [3.8, 4) is 5.75 Å². The molecule has 0 bridgehead atoms. The number of hydrogen-bond acceptors (Lipinski definition) is 7. The minimum atomic E-state index is -0.844. The van der Waals surface area contributed by atoms with Crippen LogP contribution in [0.25, 0.3) is 6.08 Å². The van der Waals surface area contributed by atoms with Gasteiger partial charge in [-0.05, 0) is 94.1 Å². The Kier molecular flexibility index (Phi) is 9.49. The van der Waals surface area contributed by atoms with Crippen molar-refractivity contribution in [3.05, 3.63) is 46.8 Å². The van der Waals surface area contributed by atoms with Crippen LogP contribution in [0.15, 0.2) is 29.8 Å². The van der Waals surface area contributed by atoms with E-state index in [0.717, 1.165) is 60.4 Å². The first-order valence-electron chi connectivity index (χ1n) is 15.5. The molecule has 0 saturated carbocycles. The fourth-order valence-electron chi connectivity index (χ4n) is 6.89. The minimum absolute atomic E-state index is 0.0425. The van der Waals surface area contributed by atoms with Gasteiger partial charge in [-0.15, -0.1) is 5.10 Å². The first kappa shape index (κ1) is 30.7. The van der Waals surface area contributed by atoms with Gasteiger partial charge in [0.1, 0.15) is 17.5 Å². The van der Waals surface area contributed by atoms with E-state index >= 15 is 0 Å². The van der Waals surface area contributed by atoms with Crippen LogP contribution in [0.2, 0.25) is 0 Å². The molecule has 0 spiro atoms. The summed E-state index contributed by atoms with van der Waals surface area (Å²) in [6.45, 7) is 4.97. The summed E-state index contributed by atoms with van der Waals surface area (Å²) < 4.78 is 7.07. The van der Waals surface area contributed by atoms with Gasteiger partial charge in [0, 0.05) is 38.6 Å². The Hall–Kier alpha value is -3.73. The second-order valence-electron chi connectivity index (χ2n) is 12.4. The highest BCUT2D eigenvalue weighted by molar-refractivity contribution is 5.91. The molecule has 43 heavy (non-hydrogen) atoms. The van der Waals surface area contributed by atoms with Crippen LogP contribution >= 0.6 is 0 Å². The summed E-state index contributed by atoms with van der Waals surface area (Å²) in [5.41, 5.74) is 10.5. The molecule has 3 aliphatic rings. The van der Waals surface area contributed by atoms with Crippen molar-refractivity contribution < 1.29 is 19.1 Å². The van der Waals surface area contributed by atoms with Crippen molar-refractivity contribution >= 4 is 23.8 Å². The number of ether oxygens (including phenoxy) is 1. The molecule has 232 valence electrons. The average Bonchev–Trinajstić information content (AvgIpc) is 3.70. The van der Waals surface area contributed by atoms with Crippen LogP contribution in [0.4, 0.5) is 0 Å². The SMILES string of the molecule is COc1ccc(CC2CC(C(=O)NCC3=Cc4nnn(C)c4CC3)N(C(=O)C(N)CCC(=O)N3C(C)CCC3C)C2)cc1. The van der Waals surface area contributed by atoms with Crippen molar-refractivity contribution in [1.82, 2.24) is 30.1 Å². The number of nitrogens with two attached hydrogens (primary N) is 1. The van der Waals surface area contributed by atoms with Crippen LogP contribution in [0.1, 0.15) is 69.3 Å². The highest BCUT2D eigenvalue weighted by Gasteiger charge is 2.41. The van der Waals surface area contributed by atoms with Crippen LogP contribution in [0, 0.1) is 5.92 Å². The maximum atomic E-state index is 13.7. The van der Waals surface area contributed by atoms with Crippen LogP contribution in [0.3, 0.4) is 0 Å². The third-order valence-corrected chi connectivity index (χ3v) is 9.37. The number of benzene rings is 1. The minimum Gasteiger partial charge on any atom is -0.497 e. The molecule has 2 aromatic rings. The number of fused-ring (bicyclic) bond motifs is 1. The van der Waals surface area contributed by atoms with Crippen molar-refractivity contribution in [2.45, 2.75) is 89.4 Å². The summed E-state index contributed by atoms with van der Waals surface area (Å²) in [6, 6.07) is 6.84. The summed E-state index contributed by atoms with van der Waals surface area (Å²) in [4.78, 5) is 43.8. The lowest BCUT2D eigenvalue weighted by atomic mass is 9.96. The fourth-order valence-corrected chi connectivity index (χ4v) is 6.89. The predicted molar refractivity (Wildman–Crippen MR) is 163 cm³/mol. The van der Waals surface area contributed by atoms with E-state index in [0.29, 0.717) is 19.5 Å². The molecule has 2 fully saturated rings. The van der Waals surface area contributed by atoms with E-state index in [4.69, 9.17) is 10.5 Å². The molecule has 3 N–H and O–H groups in total. The first-order valence-corrected chi connectivity index (χ1v) is 15.5. The van der Waals surface area contributed by atoms with Crippen LogP contribution in [-0.4, -0.2) is 86.9 Å². The molecule has 5 atom stereocenters. The van der Waals surface area contributed by atoms with E-state index in [-0.39, 0.29) is 48.6 Å². The summed E-state index contributed by atoms with van der Waals surface area (Å²) >= 11 is 0. The average molecular weight is 592 g/mol. The zero-order chi connectivity index (χ0) is 30.7. The van der Waals surface area contributed by atoms with Gasteiger partial charge in [-0.1, -0.05) is 17.3 Å². The van der Waals surface area contributed by atoms with E-state index < -0.39 is 12.1 Å². The molecule has 0 radical (unpaired) electrons. The molecule has 5 unspecified atom stereocenters. The number of methoxy groups -OCH3 is 1. The van der Waals surface area contributed by atoms with Gasteiger partial charge < -0.3 is 25.6 Å². The molecule has 2 saturated heterocycles. The number of rotatable bonds is 10. The van der Waals surface area contributed by atoms with Crippen molar-refractivity contribution in [2.75, 3.05) is 20.2 Å². The first-order chi connectivity index (χ1) is 20.6. The van der Waals surface area contributed by atoms with E-state index in [9.17, 15) is 14.4 Å². The highest BCUT2D eigenvalue weighted by Crippen LogP contribution is 2.29. The zero-order valence-corrected chi connectivity index (χ0v) is 25.8. The normalized spacial score (nSPS) is 24.0. The molecule has 1 aromatic heterocycles. The van der Waals surface area contributed by atoms with Gasteiger partial charge >= 0.3 is 0 Å². The quantitative estimate of drug-likeness (QED) is 0.433. The number of hydrogen-bond donors (Lipinski definition) is 2. The largest absolute Gasteiger partial charge is 0.497 e. The topological polar surface area (TPSA) is 136 Å². The standard InChI is InChI=1S/C32H45N7O4/c1-20-5-6-21(2)39(20)30(40)14-12-26(33)32(42)38-19-24(15-22-7-10-25(43-4)11-8-22)17-29(38)31(41)34-18-23-9-13-28-27(16-23)35-36-37(28)3/h7-8,10-11,16,20-21,24,26,29H,5-6,9,12-15,17-19,33H2,1-4H3,(H,34,41). The van der Waals surface area contributed by atoms with Gasteiger partial charge in [-0.25, -0.2) is 0 Å². The summed E-state index contributed by atoms with van der Waals surface area (Å²) in [5, 5.41) is 11.4. The second kappa shape index (κ2) is 13.3. The Morgan fingerprint density at radius 3 is 2.53 bits per heavy atom. The Bertz CT molecular complexity index is 1340. The van der Waals surface area contributed by atoms with Gasteiger partial charge in [-0.2, -0.15) is 0 Å². The number of likely N-dealkylation sites (tertiary alicyclic amines) is 2. The van der Waals surface area contributed by atoms with E-state index in [1.807, 2.05) is 42.3 Å². The van der Waals surface area contributed by atoms with Crippen LogP contribution in [-0.2, 0) is 34.3 Å². The third-order valence-electron chi connectivity index (χ3n) is 9.37. The number of carbonyl (C=O) groups is 3. The number of nitrogens with one attached hydrogen (secondary N) is 1. The number of aromatic nitrogens is 3.